The van der Waals surface area contributed by atoms with Crippen LogP contribution in [0.4, 0.5) is 10.1 Å². The van der Waals surface area contributed by atoms with Gasteiger partial charge in [-0.2, -0.15) is 0 Å². The van der Waals surface area contributed by atoms with Gasteiger partial charge in [0.2, 0.25) is 0 Å². The van der Waals surface area contributed by atoms with Gasteiger partial charge >= 0.3 is 5.97 Å². The predicted molar refractivity (Wildman–Crippen MR) is 77.8 cm³/mol. The van der Waals surface area contributed by atoms with Crippen molar-refractivity contribution in [1.82, 2.24) is 0 Å². The molecule has 0 saturated carbocycles. The van der Waals surface area contributed by atoms with Crippen LogP contribution in [0.1, 0.15) is 5.56 Å². The lowest BCUT2D eigenvalue weighted by atomic mass is 10.1. The maximum absolute atomic E-state index is 12.7. The number of benzene rings is 2. The van der Waals surface area contributed by atoms with Gasteiger partial charge in [0, 0.05) is 5.69 Å². The molecule has 0 fully saturated rings. The molecule has 2 aromatic carbocycles. The molecule has 1 amide bonds. The van der Waals surface area contributed by atoms with Gasteiger partial charge in [-0.25, -0.2) is 4.39 Å². The van der Waals surface area contributed by atoms with Crippen LogP contribution in [0.5, 0.6) is 5.75 Å². The summed E-state index contributed by atoms with van der Waals surface area (Å²) in [5.74, 6) is -1.36. The average Bonchev–Trinajstić information content (AvgIpc) is 2.50. The number of ether oxygens (including phenoxy) is 1. The summed E-state index contributed by atoms with van der Waals surface area (Å²) in [4.78, 5) is 23.2. The third-order valence-electron chi connectivity index (χ3n) is 2.78. The van der Waals surface area contributed by atoms with Crippen molar-refractivity contribution >= 4 is 17.6 Å². The number of amides is 1. The smallest absolute Gasteiger partial charge is 0.310 e. The highest BCUT2D eigenvalue weighted by molar-refractivity contribution is 5.92. The topological polar surface area (TPSA) is 75.6 Å². The Bertz CT molecular complexity index is 593. The van der Waals surface area contributed by atoms with E-state index in [1.807, 2.05) is 0 Å². The number of hydrogen-bond donors (Lipinski definition) is 2. The molecule has 22 heavy (non-hydrogen) atoms. The molecule has 0 atom stereocenters. The van der Waals surface area contributed by atoms with Gasteiger partial charge in [0.25, 0.3) is 5.91 Å². The third-order valence-corrected chi connectivity index (χ3v) is 2.78. The van der Waals surface area contributed by atoms with Crippen molar-refractivity contribution in [3.63, 3.8) is 0 Å². The Kier molecular flexibility index (Phi) is 5.08. The molecule has 0 aliphatic rings. The fraction of sp³-hybridized carbons (Fsp3) is 0.125. The zero-order valence-electron chi connectivity index (χ0n) is 11.6. The van der Waals surface area contributed by atoms with Crippen molar-refractivity contribution in [2.75, 3.05) is 11.9 Å². The molecule has 0 bridgehead atoms. The van der Waals surface area contributed by atoms with E-state index in [4.69, 9.17) is 9.84 Å². The molecule has 6 heteroatoms. The summed E-state index contributed by atoms with van der Waals surface area (Å²) in [5.41, 5.74) is 1.09. The molecular weight excluding hydrogens is 289 g/mol. The molecule has 2 aromatic rings. The van der Waals surface area contributed by atoms with Gasteiger partial charge in [0.15, 0.2) is 6.61 Å². The van der Waals surface area contributed by atoms with E-state index in [9.17, 15) is 14.0 Å². The summed E-state index contributed by atoms with van der Waals surface area (Å²) in [5, 5.41) is 11.6. The zero-order chi connectivity index (χ0) is 15.9. The molecule has 0 heterocycles. The maximum Gasteiger partial charge on any atom is 0.310 e. The normalized spacial score (nSPS) is 10.0. The number of nitrogens with one attached hydrogen (secondary N) is 1. The minimum atomic E-state index is -0.556. The molecule has 0 saturated heterocycles. The van der Waals surface area contributed by atoms with Crippen LogP contribution in [0, 0.1) is 5.82 Å². The van der Waals surface area contributed by atoms with Crippen LogP contribution in [-0.4, -0.2) is 23.6 Å². The van der Waals surface area contributed by atoms with Gasteiger partial charge in [-0.1, -0.05) is 12.1 Å². The first-order chi connectivity index (χ1) is 10.5. The number of phenols is 1. The van der Waals surface area contributed by atoms with Gasteiger partial charge in [-0.15, -0.1) is 0 Å². The quantitative estimate of drug-likeness (QED) is 0.831. The molecule has 0 aliphatic heterocycles. The van der Waals surface area contributed by atoms with Crippen LogP contribution in [-0.2, 0) is 20.7 Å². The number of phenolic OH excluding ortho intramolecular Hbond substituents is 1. The van der Waals surface area contributed by atoms with Crippen LogP contribution in [0.15, 0.2) is 48.5 Å². The highest BCUT2D eigenvalue weighted by Crippen LogP contribution is 2.11. The highest BCUT2D eigenvalue weighted by Gasteiger charge is 2.09. The highest BCUT2D eigenvalue weighted by atomic mass is 19.1. The minimum Gasteiger partial charge on any atom is -0.508 e. The van der Waals surface area contributed by atoms with Crippen LogP contribution in [0.3, 0.4) is 0 Å². The number of esters is 1. The molecule has 5 nitrogen and oxygen atoms in total. The number of halogens is 1. The lowest BCUT2D eigenvalue weighted by molar-refractivity contribution is -0.146. The van der Waals surface area contributed by atoms with E-state index >= 15 is 0 Å². The van der Waals surface area contributed by atoms with Crippen LogP contribution in [0.2, 0.25) is 0 Å². The van der Waals surface area contributed by atoms with Crippen molar-refractivity contribution < 1.29 is 23.8 Å². The summed E-state index contributed by atoms with van der Waals surface area (Å²) in [6.07, 6.45) is 0.00408. The third kappa shape index (κ3) is 4.90. The largest absolute Gasteiger partial charge is 0.508 e. The van der Waals surface area contributed by atoms with Crippen molar-refractivity contribution in [2.45, 2.75) is 6.42 Å². The Labute approximate surface area is 126 Å². The molecule has 0 aliphatic carbocycles. The molecule has 0 aromatic heterocycles. The summed E-state index contributed by atoms with van der Waals surface area (Å²) in [6.45, 7) is -0.422. The number of rotatable bonds is 5. The molecule has 2 N–H and O–H groups in total. The van der Waals surface area contributed by atoms with Crippen LogP contribution in [0.25, 0.3) is 0 Å². The molecule has 114 valence electrons. The number of anilines is 1. The van der Waals surface area contributed by atoms with Crippen LogP contribution >= 0.6 is 0 Å². The maximum atomic E-state index is 12.7. The Morgan fingerprint density at radius 3 is 2.32 bits per heavy atom. The van der Waals surface area contributed by atoms with Gasteiger partial charge in [-0.05, 0) is 42.0 Å². The monoisotopic (exact) mass is 303 g/mol. The summed E-state index contributed by atoms with van der Waals surface area (Å²) < 4.78 is 17.6. The fourth-order valence-corrected chi connectivity index (χ4v) is 1.71. The van der Waals surface area contributed by atoms with Gasteiger partial charge in [0.1, 0.15) is 11.6 Å². The molecular formula is C16H14FNO4. The Morgan fingerprint density at radius 2 is 1.68 bits per heavy atom. The standard InChI is InChI=1S/C16H14FNO4/c17-12-3-5-13(6-4-12)18-15(20)10-22-16(21)9-11-1-7-14(19)8-2-11/h1-8,19H,9-10H2,(H,18,20). The Balaban J connectivity index is 1.76. The van der Waals surface area contributed by atoms with Gasteiger partial charge in [0.05, 0.1) is 6.42 Å². The second-order valence-corrected chi connectivity index (χ2v) is 4.56. The summed E-state index contributed by atoms with van der Waals surface area (Å²) in [6, 6.07) is 11.4. The molecule has 0 radical (unpaired) electrons. The molecule has 2 rings (SSSR count). The number of hydrogen-bond acceptors (Lipinski definition) is 4. The minimum absolute atomic E-state index is 0.00408. The first-order valence-electron chi connectivity index (χ1n) is 6.52. The van der Waals surface area contributed by atoms with Crippen molar-refractivity contribution in [3.8, 4) is 5.75 Å². The summed E-state index contributed by atoms with van der Waals surface area (Å²) >= 11 is 0. The number of carbonyl (C=O) groups is 2. The van der Waals surface area contributed by atoms with Crippen molar-refractivity contribution in [1.29, 1.82) is 0 Å². The first kappa shape index (κ1) is 15.5. The summed E-state index contributed by atoms with van der Waals surface area (Å²) in [7, 11) is 0. The van der Waals surface area contributed by atoms with E-state index in [0.29, 0.717) is 11.3 Å². The molecule has 0 spiro atoms. The fourth-order valence-electron chi connectivity index (χ4n) is 1.71. The van der Waals surface area contributed by atoms with E-state index in [1.54, 1.807) is 12.1 Å². The Morgan fingerprint density at radius 1 is 1.05 bits per heavy atom. The van der Waals surface area contributed by atoms with Gasteiger partial charge in [-0.3, -0.25) is 9.59 Å². The number of aromatic hydroxyl groups is 1. The predicted octanol–water partition coefficient (Wildman–Crippen LogP) is 2.26. The lowest BCUT2D eigenvalue weighted by Gasteiger charge is -2.07. The second kappa shape index (κ2) is 7.21. The van der Waals surface area contributed by atoms with Gasteiger partial charge < -0.3 is 15.2 Å². The lowest BCUT2D eigenvalue weighted by Crippen LogP contribution is -2.21. The SMILES string of the molecule is O=C(COC(=O)Cc1ccc(O)cc1)Nc1ccc(F)cc1. The molecule has 0 unspecified atom stereocenters. The van der Waals surface area contributed by atoms with Crippen molar-refractivity contribution in [2.24, 2.45) is 0 Å². The van der Waals surface area contributed by atoms with E-state index in [2.05, 4.69) is 5.32 Å². The second-order valence-electron chi connectivity index (χ2n) is 4.56. The van der Waals surface area contributed by atoms with E-state index in [1.165, 1.54) is 36.4 Å². The first-order valence-corrected chi connectivity index (χ1v) is 6.52. The van der Waals surface area contributed by atoms with E-state index in [0.717, 1.165) is 0 Å². The average molecular weight is 303 g/mol. The van der Waals surface area contributed by atoms with E-state index in [-0.39, 0.29) is 12.2 Å². The van der Waals surface area contributed by atoms with Crippen LogP contribution < -0.4 is 5.32 Å². The number of carbonyl (C=O) groups excluding carboxylic acids is 2. The van der Waals surface area contributed by atoms with Crippen molar-refractivity contribution in [3.05, 3.63) is 59.9 Å². The van der Waals surface area contributed by atoms with E-state index < -0.39 is 24.3 Å². The Hall–Kier alpha value is -2.89. The zero-order valence-corrected chi connectivity index (χ0v) is 11.6.